The normalized spacial score (nSPS) is 13.9. The summed E-state index contributed by atoms with van der Waals surface area (Å²) in [6, 6.07) is 9.00. The molecule has 1 aliphatic heterocycles. The summed E-state index contributed by atoms with van der Waals surface area (Å²) in [6.07, 6.45) is 2.10. The molecule has 1 aliphatic rings. The van der Waals surface area contributed by atoms with E-state index in [2.05, 4.69) is 5.32 Å². The summed E-state index contributed by atoms with van der Waals surface area (Å²) < 4.78 is 5.53. The summed E-state index contributed by atoms with van der Waals surface area (Å²) in [6.45, 7) is 3.95. The molecule has 0 aliphatic carbocycles. The van der Waals surface area contributed by atoms with Crippen LogP contribution in [0.15, 0.2) is 34.7 Å². The largest absolute Gasteiger partial charge is 0.466 e. The van der Waals surface area contributed by atoms with Crippen LogP contribution in [0.1, 0.15) is 48.1 Å². The number of nitrogens with one attached hydrogen (secondary N) is 1. The van der Waals surface area contributed by atoms with E-state index >= 15 is 0 Å². The number of furan rings is 1. The highest BCUT2D eigenvalue weighted by atomic mass is 16.3. The number of rotatable bonds is 6. The first-order valence-electron chi connectivity index (χ1n) is 8.74. The molecule has 26 heavy (non-hydrogen) atoms. The molecule has 136 valence electrons. The third-order valence-electron chi connectivity index (χ3n) is 4.46. The van der Waals surface area contributed by atoms with E-state index in [0.717, 1.165) is 12.1 Å². The van der Waals surface area contributed by atoms with Gasteiger partial charge in [0.2, 0.25) is 11.8 Å². The molecule has 0 atom stereocenters. The zero-order valence-electron chi connectivity index (χ0n) is 15.0. The van der Waals surface area contributed by atoms with Crippen LogP contribution in [0.4, 0.5) is 11.4 Å². The number of benzene rings is 1. The third kappa shape index (κ3) is 4.02. The van der Waals surface area contributed by atoms with Gasteiger partial charge >= 0.3 is 0 Å². The van der Waals surface area contributed by atoms with Gasteiger partial charge in [0.05, 0.1) is 5.56 Å². The quantitative estimate of drug-likeness (QED) is 0.805. The highest BCUT2D eigenvalue weighted by Gasteiger charge is 2.21. The van der Waals surface area contributed by atoms with Gasteiger partial charge in [-0.15, -0.1) is 0 Å². The zero-order chi connectivity index (χ0) is 18.7. The van der Waals surface area contributed by atoms with E-state index in [1.807, 2.05) is 18.2 Å². The molecule has 2 aromatic rings. The van der Waals surface area contributed by atoms with Crippen molar-refractivity contribution in [2.45, 2.75) is 39.5 Å². The predicted molar refractivity (Wildman–Crippen MR) is 98.4 cm³/mol. The number of aryl methyl sites for hydroxylation is 2. The molecule has 6 heteroatoms. The number of hydrogen-bond donors (Lipinski definition) is 1. The maximum Gasteiger partial charge on any atom is 0.227 e. The Labute approximate surface area is 152 Å². The molecule has 6 nitrogen and oxygen atoms in total. The Balaban J connectivity index is 1.59. The van der Waals surface area contributed by atoms with Crippen LogP contribution >= 0.6 is 0 Å². The zero-order valence-corrected chi connectivity index (χ0v) is 15.0. The number of ketones is 1. The molecule has 2 heterocycles. The molecule has 1 N–H and O–H groups in total. The minimum Gasteiger partial charge on any atom is -0.466 e. The van der Waals surface area contributed by atoms with Crippen molar-refractivity contribution in [3.63, 3.8) is 0 Å². The van der Waals surface area contributed by atoms with Gasteiger partial charge in [-0.25, -0.2) is 0 Å². The summed E-state index contributed by atoms with van der Waals surface area (Å²) in [7, 11) is 0. The third-order valence-corrected chi connectivity index (χ3v) is 4.46. The van der Waals surface area contributed by atoms with Crippen molar-refractivity contribution < 1.29 is 18.8 Å². The van der Waals surface area contributed by atoms with E-state index in [1.54, 1.807) is 24.0 Å². The summed E-state index contributed by atoms with van der Waals surface area (Å²) in [5.74, 6) is 1.13. The van der Waals surface area contributed by atoms with Gasteiger partial charge < -0.3 is 14.6 Å². The maximum atomic E-state index is 12.2. The minimum atomic E-state index is -0.145. The molecule has 0 radical (unpaired) electrons. The number of amides is 2. The molecule has 0 saturated carbocycles. The Morgan fingerprint density at radius 2 is 2.08 bits per heavy atom. The molecule has 0 spiro atoms. The predicted octanol–water partition coefficient (Wildman–Crippen LogP) is 3.49. The second-order valence-corrected chi connectivity index (χ2v) is 6.49. The Kier molecular flexibility index (Phi) is 5.21. The average Bonchev–Trinajstić information content (AvgIpc) is 3.19. The van der Waals surface area contributed by atoms with Crippen molar-refractivity contribution in [1.82, 2.24) is 0 Å². The van der Waals surface area contributed by atoms with Crippen LogP contribution < -0.4 is 10.2 Å². The van der Waals surface area contributed by atoms with Gasteiger partial charge in [-0.1, -0.05) is 6.07 Å². The number of carbonyl (C=O) groups is 3. The fourth-order valence-corrected chi connectivity index (χ4v) is 3.15. The van der Waals surface area contributed by atoms with Crippen molar-refractivity contribution in [3.8, 4) is 0 Å². The van der Waals surface area contributed by atoms with E-state index in [-0.39, 0.29) is 24.0 Å². The van der Waals surface area contributed by atoms with Gasteiger partial charge in [0.25, 0.3) is 0 Å². The van der Waals surface area contributed by atoms with Gasteiger partial charge in [0.1, 0.15) is 11.5 Å². The SMILES string of the molecule is CC(=O)c1cc(CCC(=O)Nc2cccc(N3CCCC3=O)c2)oc1C. The van der Waals surface area contributed by atoms with Crippen molar-refractivity contribution in [3.05, 3.63) is 47.4 Å². The summed E-state index contributed by atoms with van der Waals surface area (Å²) in [4.78, 5) is 37.3. The number of nitrogens with zero attached hydrogens (tertiary/aromatic N) is 1. The second kappa shape index (κ2) is 7.56. The lowest BCUT2D eigenvalue weighted by molar-refractivity contribution is -0.117. The molecule has 0 unspecified atom stereocenters. The lowest BCUT2D eigenvalue weighted by atomic mass is 10.1. The van der Waals surface area contributed by atoms with E-state index in [0.29, 0.717) is 42.2 Å². The van der Waals surface area contributed by atoms with Crippen LogP contribution in [0.3, 0.4) is 0 Å². The molecular weight excluding hydrogens is 332 g/mol. The standard InChI is InChI=1S/C20H22N2O4/c1-13(23)18-12-17(26-14(18)2)8-9-19(24)21-15-5-3-6-16(11-15)22-10-4-7-20(22)25/h3,5-6,11-12H,4,7-10H2,1-2H3,(H,21,24). The molecule has 1 saturated heterocycles. The van der Waals surface area contributed by atoms with E-state index in [4.69, 9.17) is 4.42 Å². The van der Waals surface area contributed by atoms with Gasteiger partial charge in [-0.2, -0.15) is 0 Å². The Hall–Kier alpha value is -2.89. The Bertz CT molecular complexity index is 853. The maximum absolute atomic E-state index is 12.2. The highest BCUT2D eigenvalue weighted by Crippen LogP contribution is 2.24. The van der Waals surface area contributed by atoms with E-state index in [9.17, 15) is 14.4 Å². The number of hydrogen-bond acceptors (Lipinski definition) is 4. The van der Waals surface area contributed by atoms with Crippen molar-refractivity contribution in [2.24, 2.45) is 0 Å². The molecule has 2 amide bonds. The van der Waals surface area contributed by atoms with Gasteiger partial charge in [0.15, 0.2) is 5.78 Å². The van der Waals surface area contributed by atoms with E-state index in [1.165, 1.54) is 6.92 Å². The van der Waals surface area contributed by atoms with Crippen LogP contribution in [0.2, 0.25) is 0 Å². The van der Waals surface area contributed by atoms with Crippen LogP contribution in [0.5, 0.6) is 0 Å². The second-order valence-electron chi connectivity index (χ2n) is 6.49. The number of Topliss-reactive ketones (excluding diaryl/α,β-unsaturated/α-hetero) is 1. The Morgan fingerprint density at radius 3 is 2.73 bits per heavy atom. The Morgan fingerprint density at radius 1 is 1.27 bits per heavy atom. The number of carbonyl (C=O) groups excluding carboxylic acids is 3. The van der Waals surface area contributed by atoms with Crippen LogP contribution in [-0.4, -0.2) is 24.1 Å². The van der Waals surface area contributed by atoms with Crippen LogP contribution in [-0.2, 0) is 16.0 Å². The lowest BCUT2D eigenvalue weighted by Crippen LogP contribution is -2.23. The lowest BCUT2D eigenvalue weighted by Gasteiger charge is -2.16. The monoisotopic (exact) mass is 354 g/mol. The highest BCUT2D eigenvalue weighted by molar-refractivity contribution is 5.97. The molecular formula is C20H22N2O4. The smallest absolute Gasteiger partial charge is 0.227 e. The molecule has 3 rings (SSSR count). The van der Waals surface area contributed by atoms with E-state index < -0.39 is 0 Å². The molecule has 1 aromatic heterocycles. The molecule has 1 fully saturated rings. The number of anilines is 2. The summed E-state index contributed by atoms with van der Waals surface area (Å²) in [5, 5.41) is 2.85. The summed E-state index contributed by atoms with van der Waals surface area (Å²) >= 11 is 0. The van der Waals surface area contributed by atoms with Gasteiger partial charge in [0, 0.05) is 37.2 Å². The van der Waals surface area contributed by atoms with Gasteiger partial charge in [-0.05, 0) is 44.5 Å². The van der Waals surface area contributed by atoms with Crippen molar-refractivity contribution >= 4 is 29.0 Å². The topological polar surface area (TPSA) is 79.6 Å². The van der Waals surface area contributed by atoms with Crippen molar-refractivity contribution in [2.75, 3.05) is 16.8 Å². The summed E-state index contributed by atoms with van der Waals surface area (Å²) in [5.41, 5.74) is 2.02. The first kappa shape index (κ1) is 17.9. The fourth-order valence-electron chi connectivity index (χ4n) is 3.15. The average molecular weight is 354 g/mol. The molecule has 1 aromatic carbocycles. The van der Waals surface area contributed by atoms with Crippen molar-refractivity contribution in [1.29, 1.82) is 0 Å². The van der Waals surface area contributed by atoms with Crippen LogP contribution in [0, 0.1) is 6.92 Å². The fraction of sp³-hybridized carbons (Fsp3) is 0.350. The minimum absolute atomic E-state index is 0.0461. The first-order valence-corrected chi connectivity index (χ1v) is 8.74. The van der Waals surface area contributed by atoms with Gasteiger partial charge in [-0.3, -0.25) is 14.4 Å². The van der Waals surface area contributed by atoms with Crippen LogP contribution in [0.25, 0.3) is 0 Å². The first-order chi connectivity index (χ1) is 12.4. The molecule has 0 bridgehead atoms.